The lowest BCUT2D eigenvalue weighted by Gasteiger charge is -2.15. The summed E-state index contributed by atoms with van der Waals surface area (Å²) < 4.78 is 0. The van der Waals surface area contributed by atoms with E-state index in [4.69, 9.17) is 11.5 Å². The number of carbonyl (C=O) groups excluding carboxylic acids is 1. The third-order valence-corrected chi connectivity index (χ3v) is 3.86. The Kier molecular flexibility index (Phi) is 3.81. The van der Waals surface area contributed by atoms with Crippen molar-refractivity contribution in [2.75, 3.05) is 24.6 Å². The first-order chi connectivity index (χ1) is 11.1. The normalized spacial score (nSPS) is 13.8. The molecule has 3 rings (SSSR count). The molecule has 1 aromatic carbocycles. The topological polar surface area (TPSA) is 122 Å². The lowest BCUT2D eigenvalue weighted by atomic mass is 10.0. The van der Waals surface area contributed by atoms with Crippen molar-refractivity contribution >= 4 is 17.7 Å². The molecule has 1 saturated heterocycles. The van der Waals surface area contributed by atoms with E-state index in [9.17, 15) is 10.1 Å². The van der Waals surface area contributed by atoms with Crippen LogP contribution in [0.5, 0.6) is 0 Å². The van der Waals surface area contributed by atoms with Crippen LogP contribution in [0.1, 0.15) is 28.8 Å². The van der Waals surface area contributed by atoms with Crippen molar-refractivity contribution in [3.8, 4) is 17.3 Å². The summed E-state index contributed by atoms with van der Waals surface area (Å²) in [4.78, 5) is 22.1. The maximum atomic E-state index is 12.3. The minimum absolute atomic E-state index is 0.00807. The lowest BCUT2D eigenvalue weighted by Crippen LogP contribution is -2.27. The second kappa shape index (κ2) is 5.93. The van der Waals surface area contributed by atoms with Crippen LogP contribution in [0.4, 0.5) is 11.8 Å². The zero-order chi connectivity index (χ0) is 16.4. The number of nitrogens with two attached hydrogens (primary N) is 2. The Morgan fingerprint density at radius 1 is 1.13 bits per heavy atom. The molecule has 7 heteroatoms. The van der Waals surface area contributed by atoms with Gasteiger partial charge in [-0.1, -0.05) is 12.1 Å². The Balaban J connectivity index is 1.94. The van der Waals surface area contributed by atoms with E-state index >= 15 is 0 Å². The molecule has 116 valence electrons. The number of anilines is 2. The molecule has 2 aromatic rings. The summed E-state index contributed by atoms with van der Waals surface area (Å²) in [6.45, 7) is 1.61. The Hall–Kier alpha value is -3.14. The molecule has 0 aliphatic carbocycles. The maximum absolute atomic E-state index is 12.3. The van der Waals surface area contributed by atoms with E-state index in [1.807, 2.05) is 11.0 Å². The summed E-state index contributed by atoms with van der Waals surface area (Å²) in [5.74, 6) is 0.0808. The number of nitrogens with zero attached hydrogens (tertiary/aromatic N) is 4. The SMILES string of the molecule is N#Cc1c(N)nc(N)nc1-c1ccc(C(=O)N2CCCC2)cc1. The molecule has 7 nitrogen and oxygen atoms in total. The van der Waals surface area contributed by atoms with Gasteiger partial charge in [0, 0.05) is 24.2 Å². The van der Waals surface area contributed by atoms with Crippen LogP contribution in [0, 0.1) is 11.3 Å². The number of amides is 1. The summed E-state index contributed by atoms with van der Waals surface area (Å²) in [5.41, 5.74) is 13.2. The highest BCUT2D eigenvalue weighted by molar-refractivity contribution is 5.95. The zero-order valence-electron chi connectivity index (χ0n) is 12.5. The van der Waals surface area contributed by atoms with Gasteiger partial charge in [-0.2, -0.15) is 10.2 Å². The van der Waals surface area contributed by atoms with Crippen LogP contribution >= 0.6 is 0 Å². The molecule has 1 aliphatic heterocycles. The molecule has 23 heavy (non-hydrogen) atoms. The van der Waals surface area contributed by atoms with Crippen LogP contribution in [0.25, 0.3) is 11.3 Å². The summed E-state index contributed by atoms with van der Waals surface area (Å²) in [7, 11) is 0. The van der Waals surface area contributed by atoms with Gasteiger partial charge in [-0.05, 0) is 25.0 Å². The minimum Gasteiger partial charge on any atom is -0.382 e. The highest BCUT2D eigenvalue weighted by atomic mass is 16.2. The van der Waals surface area contributed by atoms with E-state index in [1.165, 1.54) is 0 Å². The molecule has 0 unspecified atom stereocenters. The highest BCUT2D eigenvalue weighted by Crippen LogP contribution is 2.26. The lowest BCUT2D eigenvalue weighted by molar-refractivity contribution is 0.0793. The standard InChI is InChI=1S/C16H16N6O/c17-9-12-13(20-16(19)21-14(12)18)10-3-5-11(6-4-10)15(23)22-7-1-2-8-22/h3-6H,1-2,7-8H2,(H4,18,19,20,21). The average molecular weight is 308 g/mol. The van der Waals surface area contributed by atoms with Crippen molar-refractivity contribution in [3.05, 3.63) is 35.4 Å². The van der Waals surface area contributed by atoms with Gasteiger partial charge in [0.05, 0.1) is 5.69 Å². The third kappa shape index (κ3) is 2.79. The van der Waals surface area contributed by atoms with E-state index < -0.39 is 0 Å². The predicted molar refractivity (Wildman–Crippen MR) is 86.1 cm³/mol. The van der Waals surface area contributed by atoms with E-state index in [0.29, 0.717) is 16.8 Å². The Morgan fingerprint density at radius 2 is 1.78 bits per heavy atom. The molecule has 1 aromatic heterocycles. The average Bonchev–Trinajstić information content (AvgIpc) is 3.08. The number of nitrogen functional groups attached to an aromatic ring is 2. The highest BCUT2D eigenvalue weighted by Gasteiger charge is 2.20. The molecule has 0 atom stereocenters. The molecule has 0 radical (unpaired) electrons. The summed E-state index contributed by atoms with van der Waals surface area (Å²) in [6, 6.07) is 8.93. The Bertz CT molecular complexity index is 787. The van der Waals surface area contributed by atoms with Gasteiger partial charge in [0.2, 0.25) is 5.95 Å². The van der Waals surface area contributed by atoms with Crippen molar-refractivity contribution in [3.63, 3.8) is 0 Å². The second-order valence-corrected chi connectivity index (χ2v) is 5.38. The molecule has 1 fully saturated rings. The molecule has 1 amide bonds. The van der Waals surface area contributed by atoms with Crippen LogP contribution < -0.4 is 11.5 Å². The molecular weight excluding hydrogens is 292 g/mol. The zero-order valence-corrected chi connectivity index (χ0v) is 12.5. The number of rotatable bonds is 2. The van der Waals surface area contributed by atoms with Crippen molar-refractivity contribution < 1.29 is 4.79 Å². The molecular formula is C16H16N6O. The van der Waals surface area contributed by atoms with E-state index in [0.717, 1.165) is 25.9 Å². The van der Waals surface area contributed by atoms with Crippen molar-refractivity contribution in [2.24, 2.45) is 0 Å². The van der Waals surface area contributed by atoms with E-state index in [2.05, 4.69) is 9.97 Å². The third-order valence-electron chi connectivity index (χ3n) is 3.86. The first-order valence-corrected chi connectivity index (χ1v) is 7.33. The van der Waals surface area contributed by atoms with Gasteiger partial charge >= 0.3 is 0 Å². The summed E-state index contributed by atoms with van der Waals surface area (Å²) in [6.07, 6.45) is 2.10. The van der Waals surface area contributed by atoms with Gasteiger partial charge in [-0.25, -0.2) is 4.98 Å². The van der Waals surface area contributed by atoms with Crippen molar-refractivity contribution in [2.45, 2.75) is 12.8 Å². The number of hydrogen-bond donors (Lipinski definition) is 2. The largest absolute Gasteiger partial charge is 0.382 e. The van der Waals surface area contributed by atoms with Gasteiger partial charge in [-0.15, -0.1) is 0 Å². The Labute approximate surface area is 133 Å². The molecule has 0 spiro atoms. The van der Waals surface area contributed by atoms with Crippen molar-refractivity contribution in [1.29, 1.82) is 5.26 Å². The van der Waals surface area contributed by atoms with Crippen molar-refractivity contribution in [1.82, 2.24) is 14.9 Å². The number of carbonyl (C=O) groups is 1. The summed E-state index contributed by atoms with van der Waals surface area (Å²) >= 11 is 0. The fraction of sp³-hybridized carbons (Fsp3) is 0.250. The fourth-order valence-electron chi connectivity index (χ4n) is 2.69. The number of benzene rings is 1. The van der Waals surface area contributed by atoms with Gasteiger partial charge in [-0.3, -0.25) is 4.79 Å². The predicted octanol–water partition coefficient (Wildman–Crippen LogP) is 1.42. The molecule has 1 aliphatic rings. The van der Waals surface area contributed by atoms with Gasteiger partial charge < -0.3 is 16.4 Å². The number of nitriles is 1. The molecule has 4 N–H and O–H groups in total. The van der Waals surface area contributed by atoms with Gasteiger partial charge in [0.25, 0.3) is 5.91 Å². The summed E-state index contributed by atoms with van der Waals surface area (Å²) in [5, 5.41) is 9.23. The number of likely N-dealkylation sites (tertiary alicyclic amines) is 1. The van der Waals surface area contributed by atoms with Crippen LogP contribution in [0.3, 0.4) is 0 Å². The quantitative estimate of drug-likeness (QED) is 0.865. The Morgan fingerprint density at radius 3 is 2.39 bits per heavy atom. The smallest absolute Gasteiger partial charge is 0.253 e. The van der Waals surface area contributed by atoms with Gasteiger partial charge in [0.15, 0.2) is 0 Å². The number of hydrogen-bond acceptors (Lipinski definition) is 6. The second-order valence-electron chi connectivity index (χ2n) is 5.38. The first kappa shape index (κ1) is 14.8. The monoisotopic (exact) mass is 308 g/mol. The van der Waals surface area contributed by atoms with Crippen LogP contribution in [0.2, 0.25) is 0 Å². The van der Waals surface area contributed by atoms with Gasteiger partial charge in [0.1, 0.15) is 17.5 Å². The fourth-order valence-corrected chi connectivity index (χ4v) is 2.69. The van der Waals surface area contributed by atoms with E-state index in [1.54, 1.807) is 24.3 Å². The molecule has 0 bridgehead atoms. The van der Waals surface area contributed by atoms with Crippen LogP contribution in [-0.2, 0) is 0 Å². The maximum Gasteiger partial charge on any atom is 0.253 e. The molecule has 2 heterocycles. The van der Waals surface area contributed by atoms with Crippen LogP contribution in [-0.4, -0.2) is 33.9 Å². The van der Waals surface area contributed by atoms with E-state index in [-0.39, 0.29) is 23.2 Å². The number of aromatic nitrogens is 2. The minimum atomic E-state index is 0.00807. The van der Waals surface area contributed by atoms with Crippen LogP contribution in [0.15, 0.2) is 24.3 Å². The first-order valence-electron chi connectivity index (χ1n) is 7.33. The molecule has 0 saturated carbocycles.